The molecular formula is C16H11ClF3N5O2. The molecule has 0 amide bonds. The summed E-state index contributed by atoms with van der Waals surface area (Å²) in [5.74, 6) is -0.659. The summed E-state index contributed by atoms with van der Waals surface area (Å²) in [6.45, 7) is 0. The zero-order valence-corrected chi connectivity index (χ0v) is 14.5. The van der Waals surface area contributed by atoms with Gasteiger partial charge in [0.05, 0.1) is 22.6 Å². The summed E-state index contributed by atoms with van der Waals surface area (Å²) >= 11 is 5.64. The van der Waals surface area contributed by atoms with Gasteiger partial charge < -0.3 is 0 Å². The van der Waals surface area contributed by atoms with Crippen molar-refractivity contribution in [1.82, 2.24) is 24.5 Å². The lowest BCUT2D eigenvalue weighted by molar-refractivity contribution is -0.141. The highest BCUT2D eigenvalue weighted by molar-refractivity contribution is 6.32. The first-order valence-electron chi connectivity index (χ1n) is 7.90. The number of hydrogen-bond acceptors (Lipinski definition) is 5. The van der Waals surface area contributed by atoms with Crippen LogP contribution in [0.25, 0.3) is 10.9 Å². The van der Waals surface area contributed by atoms with Crippen molar-refractivity contribution in [3.05, 3.63) is 50.8 Å². The predicted molar refractivity (Wildman–Crippen MR) is 88.7 cm³/mol. The topological polar surface area (TPSA) is 82.7 Å². The molecule has 0 radical (unpaired) electrons. The summed E-state index contributed by atoms with van der Waals surface area (Å²) in [6.07, 6.45) is -0.849. The molecule has 1 aliphatic carbocycles. The summed E-state index contributed by atoms with van der Waals surface area (Å²) in [7, 11) is 1.47. The van der Waals surface area contributed by atoms with E-state index in [1.165, 1.54) is 22.6 Å². The number of halogens is 4. The summed E-state index contributed by atoms with van der Waals surface area (Å²) < 4.78 is 40.9. The number of rotatable bonds is 3. The van der Waals surface area contributed by atoms with Crippen molar-refractivity contribution in [2.24, 2.45) is 7.05 Å². The van der Waals surface area contributed by atoms with Crippen LogP contribution in [0.15, 0.2) is 23.3 Å². The number of nitrogens with zero attached hydrogens (tertiary/aromatic N) is 5. The summed E-state index contributed by atoms with van der Waals surface area (Å²) in [5.41, 5.74) is -1.73. The monoisotopic (exact) mass is 397 g/mol. The highest BCUT2D eigenvalue weighted by atomic mass is 35.5. The number of aryl methyl sites for hydroxylation is 1. The van der Waals surface area contributed by atoms with Crippen molar-refractivity contribution in [2.75, 3.05) is 0 Å². The van der Waals surface area contributed by atoms with Crippen molar-refractivity contribution >= 4 is 28.3 Å². The van der Waals surface area contributed by atoms with Crippen LogP contribution in [0.1, 0.15) is 40.6 Å². The lowest BCUT2D eigenvalue weighted by Crippen LogP contribution is -2.21. The number of aromatic nitrogens is 5. The Bertz CT molecular complexity index is 1150. The van der Waals surface area contributed by atoms with E-state index in [0.717, 1.165) is 25.1 Å². The van der Waals surface area contributed by atoms with Crippen molar-refractivity contribution in [3.8, 4) is 0 Å². The average Bonchev–Trinajstić information content (AvgIpc) is 3.36. The maximum atomic E-state index is 12.8. The molecule has 0 N–H and O–H groups in total. The molecule has 1 saturated carbocycles. The van der Waals surface area contributed by atoms with E-state index in [9.17, 15) is 22.8 Å². The summed E-state index contributed by atoms with van der Waals surface area (Å²) in [6, 6.07) is 0.943. The lowest BCUT2D eigenvalue weighted by Gasteiger charge is -2.09. The Morgan fingerprint density at radius 3 is 2.59 bits per heavy atom. The SMILES string of the molecule is Cn1nc2c(=O)n(C3CC3)ncc2c1C(=O)c1cnc(C(F)(F)F)c(Cl)c1. The Morgan fingerprint density at radius 2 is 2.00 bits per heavy atom. The fourth-order valence-electron chi connectivity index (χ4n) is 2.86. The number of ketones is 1. The van der Waals surface area contributed by atoms with E-state index in [1.54, 1.807) is 0 Å². The quantitative estimate of drug-likeness (QED) is 0.635. The lowest BCUT2D eigenvalue weighted by atomic mass is 10.1. The van der Waals surface area contributed by atoms with Gasteiger partial charge in [-0.25, -0.2) is 9.67 Å². The molecule has 7 nitrogen and oxygen atoms in total. The van der Waals surface area contributed by atoms with Gasteiger partial charge in [-0.2, -0.15) is 23.4 Å². The third kappa shape index (κ3) is 2.89. The Kier molecular flexibility index (Phi) is 3.84. The minimum atomic E-state index is -4.73. The molecule has 0 spiro atoms. The van der Waals surface area contributed by atoms with Crippen molar-refractivity contribution < 1.29 is 18.0 Å². The van der Waals surface area contributed by atoms with E-state index in [4.69, 9.17) is 11.6 Å². The zero-order valence-electron chi connectivity index (χ0n) is 13.8. The van der Waals surface area contributed by atoms with Gasteiger partial charge >= 0.3 is 6.18 Å². The van der Waals surface area contributed by atoms with E-state index < -0.39 is 28.2 Å². The maximum Gasteiger partial charge on any atom is 0.434 e. The number of alkyl halides is 3. The molecule has 3 heterocycles. The Morgan fingerprint density at radius 1 is 1.30 bits per heavy atom. The van der Waals surface area contributed by atoms with Crippen molar-refractivity contribution in [3.63, 3.8) is 0 Å². The predicted octanol–water partition coefficient (Wildman–Crippen LogP) is 2.76. The number of pyridine rings is 1. The molecule has 4 rings (SSSR count). The molecule has 0 bridgehead atoms. The second kappa shape index (κ2) is 5.88. The van der Waals surface area contributed by atoms with Gasteiger partial charge in [-0.1, -0.05) is 11.6 Å². The van der Waals surface area contributed by atoms with Gasteiger partial charge in [-0.05, 0) is 18.9 Å². The Labute approximate surface area is 154 Å². The molecule has 1 aliphatic rings. The Hall–Kier alpha value is -2.75. The molecule has 0 aliphatic heterocycles. The third-order valence-electron chi connectivity index (χ3n) is 4.29. The average molecular weight is 398 g/mol. The van der Waals surface area contributed by atoms with E-state index in [2.05, 4.69) is 15.2 Å². The second-order valence-electron chi connectivity index (χ2n) is 6.24. The van der Waals surface area contributed by atoms with Gasteiger partial charge in [-0.3, -0.25) is 14.3 Å². The highest BCUT2D eigenvalue weighted by Gasteiger charge is 2.36. The molecule has 0 unspecified atom stereocenters. The van der Waals surface area contributed by atoms with Crippen LogP contribution in [0, 0.1) is 0 Å². The molecule has 0 saturated heterocycles. The van der Waals surface area contributed by atoms with Gasteiger partial charge in [0.1, 0.15) is 5.69 Å². The van der Waals surface area contributed by atoms with Crippen LogP contribution < -0.4 is 5.56 Å². The summed E-state index contributed by atoms with van der Waals surface area (Å²) in [5, 5.41) is 7.73. The van der Waals surface area contributed by atoms with Gasteiger partial charge in [0.15, 0.2) is 11.2 Å². The normalized spacial score (nSPS) is 14.7. The molecule has 3 aromatic rings. The van der Waals surface area contributed by atoms with Gasteiger partial charge in [0.2, 0.25) is 5.78 Å². The van der Waals surface area contributed by atoms with Gasteiger partial charge in [-0.15, -0.1) is 0 Å². The van der Waals surface area contributed by atoms with Crippen LogP contribution in [0.3, 0.4) is 0 Å². The minimum absolute atomic E-state index is 0.0233. The first-order valence-corrected chi connectivity index (χ1v) is 8.28. The van der Waals surface area contributed by atoms with Crippen molar-refractivity contribution in [1.29, 1.82) is 0 Å². The number of hydrogen-bond donors (Lipinski definition) is 0. The van der Waals surface area contributed by atoms with Crippen LogP contribution in [0.5, 0.6) is 0 Å². The zero-order chi connectivity index (χ0) is 19.5. The molecule has 1 fully saturated rings. The molecule has 27 heavy (non-hydrogen) atoms. The molecule has 0 atom stereocenters. The number of carbonyl (C=O) groups excluding carboxylic acids is 1. The number of fused-ring (bicyclic) bond motifs is 1. The molecular weight excluding hydrogens is 387 g/mol. The largest absolute Gasteiger partial charge is 0.434 e. The van der Waals surface area contributed by atoms with Crippen LogP contribution in [0.4, 0.5) is 13.2 Å². The maximum absolute atomic E-state index is 12.8. The second-order valence-corrected chi connectivity index (χ2v) is 6.65. The van der Waals surface area contributed by atoms with Gasteiger partial charge in [0.25, 0.3) is 5.56 Å². The molecule has 3 aromatic heterocycles. The fourth-order valence-corrected chi connectivity index (χ4v) is 3.13. The first-order chi connectivity index (χ1) is 12.7. The Balaban J connectivity index is 1.81. The first kappa shape index (κ1) is 17.7. The van der Waals surface area contributed by atoms with Gasteiger partial charge in [0, 0.05) is 18.8 Å². The van der Waals surface area contributed by atoms with Crippen LogP contribution in [-0.2, 0) is 13.2 Å². The smallest absolute Gasteiger partial charge is 0.287 e. The van der Waals surface area contributed by atoms with Crippen LogP contribution in [-0.4, -0.2) is 30.3 Å². The van der Waals surface area contributed by atoms with Crippen LogP contribution in [0.2, 0.25) is 5.02 Å². The molecule has 0 aromatic carbocycles. The van der Waals surface area contributed by atoms with E-state index in [0.29, 0.717) is 0 Å². The summed E-state index contributed by atoms with van der Waals surface area (Å²) in [4.78, 5) is 28.6. The van der Waals surface area contributed by atoms with Crippen molar-refractivity contribution in [2.45, 2.75) is 25.1 Å². The highest BCUT2D eigenvalue weighted by Crippen LogP contribution is 2.34. The third-order valence-corrected chi connectivity index (χ3v) is 4.57. The minimum Gasteiger partial charge on any atom is -0.287 e. The molecule has 140 valence electrons. The number of carbonyl (C=O) groups is 1. The van der Waals surface area contributed by atoms with E-state index in [-0.39, 0.29) is 28.2 Å². The van der Waals surface area contributed by atoms with Crippen LogP contribution >= 0.6 is 11.6 Å². The standard InChI is InChI=1S/C16H11ClF3N5O2/c1-24-12(9-6-22-25(8-2-3-8)15(27)11(9)23-24)13(26)7-4-10(17)14(21-5-7)16(18,19)20/h4-6,8H,2-3H2,1H3. The molecule has 11 heteroatoms. The fraction of sp³-hybridized carbons (Fsp3) is 0.312. The van der Waals surface area contributed by atoms with E-state index in [1.807, 2.05) is 0 Å². The van der Waals surface area contributed by atoms with E-state index >= 15 is 0 Å².